The van der Waals surface area contributed by atoms with Crippen molar-refractivity contribution in [3.8, 4) is 6.07 Å². The number of hydrogen-bond donors (Lipinski definition) is 0. The number of benzene rings is 1. The van der Waals surface area contributed by atoms with Crippen LogP contribution in [0.1, 0.15) is 5.56 Å². The van der Waals surface area contributed by atoms with Crippen molar-refractivity contribution in [2.75, 3.05) is 11.9 Å². The van der Waals surface area contributed by atoms with Gasteiger partial charge in [-0.15, -0.1) is 0 Å². The van der Waals surface area contributed by atoms with E-state index in [0.29, 0.717) is 16.4 Å². The molecule has 0 saturated heterocycles. The van der Waals surface area contributed by atoms with Gasteiger partial charge in [0.1, 0.15) is 5.02 Å². The van der Waals surface area contributed by atoms with E-state index in [1.807, 2.05) is 6.07 Å². The third-order valence-corrected chi connectivity index (χ3v) is 2.83. The molecule has 0 unspecified atom stereocenters. The Hall–Kier alpha value is -1.83. The fourth-order valence-electron chi connectivity index (χ4n) is 1.48. The maximum atomic E-state index is 8.87. The van der Waals surface area contributed by atoms with E-state index in [2.05, 4.69) is 16.0 Å². The lowest BCUT2D eigenvalue weighted by molar-refractivity contribution is 1.08. The summed E-state index contributed by atoms with van der Waals surface area (Å²) in [6.45, 7) is 0. The fraction of sp³-hybridized carbons (Fsp3) is 0.0833. The second-order valence-electron chi connectivity index (χ2n) is 3.53. The van der Waals surface area contributed by atoms with Gasteiger partial charge in [-0.3, -0.25) is 0 Å². The maximum Gasteiger partial charge on any atom is 0.224 e. The minimum atomic E-state index is 0.123. The average Bonchev–Trinajstić information content (AvgIpc) is 2.41. The molecule has 0 atom stereocenters. The Morgan fingerprint density at radius 1 is 1.33 bits per heavy atom. The van der Waals surface area contributed by atoms with E-state index in [0.717, 1.165) is 5.69 Å². The van der Waals surface area contributed by atoms with Gasteiger partial charge in [0.05, 0.1) is 17.8 Å². The number of halogens is 2. The summed E-state index contributed by atoms with van der Waals surface area (Å²) in [6, 6.07) is 9.20. The largest absolute Gasteiger partial charge is 0.328 e. The smallest absolute Gasteiger partial charge is 0.224 e. The summed E-state index contributed by atoms with van der Waals surface area (Å²) in [7, 11) is 1.79. The van der Waals surface area contributed by atoms with Gasteiger partial charge in [0.25, 0.3) is 0 Å². The van der Waals surface area contributed by atoms with Crippen LogP contribution in [0.2, 0.25) is 10.3 Å². The number of rotatable bonds is 2. The zero-order valence-corrected chi connectivity index (χ0v) is 10.9. The normalized spacial score (nSPS) is 9.89. The van der Waals surface area contributed by atoms with E-state index >= 15 is 0 Å². The molecule has 1 heterocycles. The van der Waals surface area contributed by atoms with Crippen LogP contribution in [-0.2, 0) is 0 Å². The van der Waals surface area contributed by atoms with Crippen LogP contribution < -0.4 is 4.90 Å². The molecular formula is C12H8Cl2N4. The SMILES string of the molecule is CN(c1cccc(C#N)c1)c1nc(Cl)ncc1Cl. The summed E-state index contributed by atoms with van der Waals surface area (Å²) in [6.07, 6.45) is 1.44. The highest BCUT2D eigenvalue weighted by molar-refractivity contribution is 6.33. The zero-order valence-electron chi connectivity index (χ0n) is 9.43. The van der Waals surface area contributed by atoms with Gasteiger partial charge in [0, 0.05) is 12.7 Å². The molecule has 2 rings (SSSR count). The molecule has 0 bridgehead atoms. The quantitative estimate of drug-likeness (QED) is 0.790. The van der Waals surface area contributed by atoms with Gasteiger partial charge >= 0.3 is 0 Å². The molecule has 4 nitrogen and oxygen atoms in total. The Labute approximate surface area is 114 Å². The van der Waals surface area contributed by atoms with Crippen molar-refractivity contribution in [3.63, 3.8) is 0 Å². The molecular weight excluding hydrogens is 271 g/mol. The van der Waals surface area contributed by atoms with E-state index in [-0.39, 0.29) is 5.28 Å². The number of anilines is 2. The van der Waals surface area contributed by atoms with Crippen LogP contribution in [0, 0.1) is 11.3 Å². The highest BCUT2D eigenvalue weighted by Gasteiger charge is 2.11. The van der Waals surface area contributed by atoms with Crippen molar-refractivity contribution < 1.29 is 0 Å². The standard InChI is InChI=1S/C12H8Cl2N4/c1-18(9-4-2-3-8(5-9)6-15)11-10(13)7-16-12(14)17-11/h2-5,7H,1H3. The predicted octanol–water partition coefficient (Wildman–Crippen LogP) is 3.42. The van der Waals surface area contributed by atoms with Crippen LogP contribution in [0.15, 0.2) is 30.5 Å². The number of nitriles is 1. The van der Waals surface area contributed by atoms with Crippen molar-refractivity contribution in [2.24, 2.45) is 0 Å². The van der Waals surface area contributed by atoms with Crippen LogP contribution in [0.5, 0.6) is 0 Å². The molecule has 1 aromatic carbocycles. The van der Waals surface area contributed by atoms with Gasteiger partial charge in [-0.2, -0.15) is 10.2 Å². The predicted molar refractivity (Wildman–Crippen MR) is 71.3 cm³/mol. The van der Waals surface area contributed by atoms with E-state index < -0.39 is 0 Å². The van der Waals surface area contributed by atoms with E-state index in [9.17, 15) is 0 Å². The first-order chi connectivity index (χ1) is 8.61. The third-order valence-electron chi connectivity index (χ3n) is 2.38. The molecule has 0 aliphatic rings. The van der Waals surface area contributed by atoms with Crippen LogP contribution in [0.3, 0.4) is 0 Å². The van der Waals surface area contributed by atoms with Crippen molar-refractivity contribution in [1.82, 2.24) is 9.97 Å². The molecule has 1 aromatic heterocycles. The first kappa shape index (κ1) is 12.6. The molecule has 0 saturated carbocycles. The molecule has 0 radical (unpaired) electrons. The van der Waals surface area contributed by atoms with Crippen LogP contribution in [0.25, 0.3) is 0 Å². The summed E-state index contributed by atoms with van der Waals surface area (Å²) in [5.41, 5.74) is 1.36. The zero-order chi connectivity index (χ0) is 13.1. The van der Waals surface area contributed by atoms with E-state index in [4.69, 9.17) is 28.5 Å². The van der Waals surface area contributed by atoms with Crippen LogP contribution >= 0.6 is 23.2 Å². The second kappa shape index (κ2) is 5.21. The molecule has 0 aliphatic heterocycles. The van der Waals surface area contributed by atoms with Crippen molar-refractivity contribution in [3.05, 3.63) is 46.3 Å². The summed E-state index contributed by atoms with van der Waals surface area (Å²) in [4.78, 5) is 9.61. The minimum Gasteiger partial charge on any atom is -0.328 e. The summed E-state index contributed by atoms with van der Waals surface area (Å²) >= 11 is 11.8. The number of nitrogens with zero attached hydrogens (tertiary/aromatic N) is 4. The minimum absolute atomic E-state index is 0.123. The van der Waals surface area contributed by atoms with Gasteiger partial charge in [0.15, 0.2) is 5.82 Å². The molecule has 0 spiro atoms. The van der Waals surface area contributed by atoms with E-state index in [1.54, 1.807) is 30.1 Å². The summed E-state index contributed by atoms with van der Waals surface area (Å²) < 4.78 is 0. The first-order valence-electron chi connectivity index (χ1n) is 5.04. The van der Waals surface area contributed by atoms with Gasteiger partial charge < -0.3 is 4.90 Å². The Kier molecular flexibility index (Phi) is 3.66. The molecule has 0 N–H and O–H groups in total. The highest BCUT2D eigenvalue weighted by atomic mass is 35.5. The Morgan fingerprint density at radius 2 is 2.11 bits per heavy atom. The van der Waals surface area contributed by atoms with Crippen molar-refractivity contribution in [2.45, 2.75) is 0 Å². The lowest BCUT2D eigenvalue weighted by Gasteiger charge is -2.19. The molecule has 6 heteroatoms. The van der Waals surface area contributed by atoms with Gasteiger partial charge in [0.2, 0.25) is 5.28 Å². The lowest BCUT2D eigenvalue weighted by Crippen LogP contribution is -2.12. The topological polar surface area (TPSA) is 52.8 Å². The van der Waals surface area contributed by atoms with Gasteiger partial charge in [-0.25, -0.2) is 4.98 Å². The molecule has 18 heavy (non-hydrogen) atoms. The molecule has 0 amide bonds. The average molecular weight is 279 g/mol. The Balaban J connectivity index is 2.44. The molecule has 0 fully saturated rings. The Morgan fingerprint density at radius 3 is 2.83 bits per heavy atom. The Bertz CT molecular complexity index is 622. The molecule has 0 aliphatic carbocycles. The molecule has 2 aromatic rings. The van der Waals surface area contributed by atoms with Gasteiger partial charge in [-0.1, -0.05) is 17.7 Å². The first-order valence-corrected chi connectivity index (χ1v) is 5.79. The maximum absolute atomic E-state index is 8.87. The van der Waals surface area contributed by atoms with Crippen LogP contribution in [-0.4, -0.2) is 17.0 Å². The van der Waals surface area contributed by atoms with Crippen molar-refractivity contribution in [1.29, 1.82) is 5.26 Å². The third kappa shape index (κ3) is 2.53. The fourth-order valence-corrected chi connectivity index (χ4v) is 1.83. The van der Waals surface area contributed by atoms with Gasteiger partial charge in [-0.05, 0) is 29.8 Å². The molecule has 90 valence electrons. The summed E-state index contributed by atoms with van der Waals surface area (Å²) in [5.74, 6) is 0.492. The summed E-state index contributed by atoms with van der Waals surface area (Å²) in [5, 5.41) is 9.39. The van der Waals surface area contributed by atoms with Crippen LogP contribution in [0.4, 0.5) is 11.5 Å². The number of hydrogen-bond acceptors (Lipinski definition) is 4. The number of aromatic nitrogens is 2. The second-order valence-corrected chi connectivity index (χ2v) is 4.28. The monoisotopic (exact) mass is 278 g/mol. The highest BCUT2D eigenvalue weighted by Crippen LogP contribution is 2.29. The van der Waals surface area contributed by atoms with Crippen molar-refractivity contribution >= 4 is 34.7 Å². The van der Waals surface area contributed by atoms with E-state index in [1.165, 1.54) is 6.20 Å². The lowest BCUT2D eigenvalue weighted by atomic mass is 10.2.